The van der Waals surface area contributed by atoms with Crippen LogP contribution in [-0.2, 0) is 11.3 Å². The zero-order valence-electron chi connectivity index (χ0n) is 17.9. The Hall–Kier alpha value is -3.91. The highest BCUT2D eigenvalue weighted by Crippen LogP contribution is 2.31. The maximum Gasteiger partial charge on any atom is 0.221 e. The molecular formula is C25H22FN5OS. The molecule has 5 N–H and O–H groups in total. The molecule has 166 valence electrons. The van der Waals surface area contributed by atoms with Crippen molar-refractivity contribution in [2.24, 2.45) is 10.7 Å². The molecule has 0 aliphatic rings. The van der Waals surface area contributed by atoms with E-state index in [2.05, 4.69) is 15.3 Å². The minimum Gasteiger partial charge on any atom is -0.378 e. The molecule has 33 heavy (non-hydrogen) atoms. The number of aromatic amines is 1. The number of carbonyl (C=O) groups is 1. The summed E-state index contributed by atoms with van der Waals surface area (Å²) in [5, 5.41) is 12.5. The number of rotatable bonds is 5. The van der Waals surface area contributed by atoms with Crippen LogP contribution in [0.2, 0.25) is 0 Å². The zero-order chi connectivity index (χ0) is 23.4. The predicted octanol–water partition coefficient (Wildman–Crippen LogP) is 5.51. The standard InChI is InChI=1S/C25H22FN5OS/c1-15(32)31-18-6-4-5-16(11-18)13-30-25(28)33-24(27)17-9-10-23-20(12-17)21(14-29-23)19-7-2-3-8-22(19)26/h2-12,14,27,29H,13H2,1H3,(H2,28,30)(H,31,32). The third-order valence-electron chi connectivity index (χ3n) is 4.98. The van der Waals surface area contributed by atoms with Gasteiger partial charge in [0.2, 0.25) is 5.91 Å². The molecule has 0 aliphatic carbocycles. The fourth-order valence-electron chi connectivity index (χ4n) is 3.48. The van der Waals surface area contributed by atoms with Gasteiger partial charge < -0.3 is 16.0 Å². The summed E-state index contributed by atoms with van der Waals surface area (Å²) in [6, 6.07) is 19.5. The Morgan fingerprint density at radius 1 is 1.12 bits per heavy atom. The first-order valence-corrected chi connectivity index (χ1v) is 11.0. The largest absolute Gasteiger partial charge is 0.378 e. The topological polar surface area (TPSA) is 107 Å². The van der Waals surface area contributed by atoms with Gasteiger partial charge in [-0.15, -0.1) is 0 Å². The summed E-state index contributed by atoms with van der Waals surface area (Å²) >= 11 is 1.06. The summed E-state index contributed by atoms with van der Waals surface area (Å²) in [5.41, 5.74) is 10.4. The highest BCUT2D eigenvalue weighted by molar-refractivity contribution is 8.26. The van der Waals surface area contributed by atoms with Gasteiger partial charge in [-0.25, -0.2) is 4.39 Å². The van der Waals surface area contributed by atoms with E-state index in [0.717, 1.165) is 33.8 Å². The Morgan fingerprint density at radius 2 is 1.94 bits per heavy atom. The van der Waals surface area contributed by atoms with Crippen LogP contribution in [0, 0.1) is 11.2 Å². The van der Waals surface area contributed by atoms with E-state index in [-0.39, 0.29) is 21.9 Å². The van der Waals surface area contributed by atoms with Gasteiger partial charge in [-0.1, -0.05) is 36.4 Å². The third-order valence-corrected chi connectivity index (χ3v) is 5.76. The molecule has 4 aromatic rings. The van der Waals surface area contributed by atoms with Crippen molar-refractivity contribution >= 4 is 44.5 Å². The fourth-order valence-corrected chi connectivity index (χ4v) is 4.06. The van der Waals surface area contributed by atoms with Crippen LogP contribution >= 0.6 is 11.8 Å². The highest BCUT2D eigenvalue weighted by atomic mass is 32.2. The monoisotopic (exact) mass is 459 g/mol. The van der Waals surface area contributed by atoms with Gasteiger partial charge in [-0.3, -0.25) is 15.2 Å². The van der Waals surface area contributed by atoms with Crippen molar-refractivity contribution in [3.63, 3.8) is 0 Å². The second kappa shape index (κ2) is 9.70. The van der Waals surface area contributed by atoms with Crippen LogP contribution in [0.5, 0.6) is 0 Å². The highest BCUT2D eigenvalue weighted by Gasteiger charge is 2.13. The number of benzene rings is 3. The second-order valence-electron chi connectivity index (χ2n) is 7.41. The Morgan fingerprint density at radius 3 is 2.73 bits per heavy atom. The Kier molecular flexibility index (Phi) is 6.55. The number of H-pyrrole nitrogens is 1. The molecule has 0 bridgehead atoms. The lowest BCUT2D eigenvalue weighted by Crippen LogP contribution is -2.11. The van der Waals surface area contributed by atoms with Gasteiger partial charge in [0, 0.05) is 46.4 Å². The molecule has 3 aromatic carbocycles. The molecule has 1 aromatic heterocycles. The van der Waals surface area contributed by atoms with Crippen LogP contribution < -0.4 is 11.1 Å². The molecule has 0 aliphatic heterocycles. The zero-order valence-corrected chi connectivity index (χ0v) is 18.7. The number of anilines is 1. The van der Waals surface area contributed by atoms with E-state index < -0.39 is 0 Å². The molecule has 0 spiro atoms. The number of amidine groups is 1. The number of nitrogens with two attached hydrogens (primary N) is 1. The summed E-state index contributed by atoms with van der Waals surface area (Å²) in [7, 11) is 0. The lowest BCUT2D eigenvalue weighted by molar-refractivity contribution is -0.114. The number of aliphatic imine (C=N–C) groups is 1. The minimum absolute atomic E-state index is 0.142. The van der Waals surface area contributed by atoms with Gasteiger partial charge in [0.1, 0.15) is 10.9 Å². The van der Waals surface area contributed by atoms with E-state index in [1.807, 2.05) is 36.4 Å². The van der Waals surface area contributed by atoms with Crippen molar-refractivity contribution in [2.75, 3.05) is 5.32 Å². The number of thioether (sulfide) groups is 1. The minimum atomic E-state index is -0.299. The third kappa shape index (κ3) is 5.30. The molecule has 6 nitrogen and oxygen atoms in total. The van der Waals surface area contributed by atoms with E-state index >= 15 is 0 Å². The number of amides is 1. The number of nitrogens with one attached hydrogen (secondary N) is 3. The normalized spacial score (nSPS) is 11.5. The first kappa shape index (κ1) is 22.3. The van der Waals surface area contributed by atoms with E-state index in [0.29, 0.717) is 23.4 Å². The second-order valence-corrected chi connectivity index (χ2v) is 8.44. The van der Waals surface area contributed by atoms with Crippen LogP contribution in [-0.4, -0.2) is 21.1 Å². The first-order valence-electron chi connectivity index (χ1n) is 10.2. The Bertz CT molecular complexity index is 1380. The average Bonchev–Trinajstić information content (AvgIpc) is 3.21. The number of fused-ring (bicyclic) bond motifs is 1. The molecule has 0 saturated carbocycles. The maximum absolute atomic E-state index is 14.3. The summed E-state index contributed by atoms with van der Waals surface area (Å²) < 4.78 is 14.3. The van der Waals surface area contributed by atoms with Gasteiger partial charge in [-0.05, 0) is 47.7 Å². The number of hydrogen-bond donors (Lipinski definition) is 4. The number of halogens is 1. The molecule has 0 fully saturated rings. The smallest absolute Gasteiger partial charge is 0.221 e. The van der Waals surface area contributed by atoms with Crippen molar-refractivity contribution in [1.82, 2.24) is 4.98 Å². The fraction of sp³-hybridized carbons (Fsp3) is 0.0800. The lowest BCUT2D eigenvalue weighted by Gasteiger charge is -2.07. The van der Waals surface area contributed by atoms with Crippen molar-refractivity contribution in [1.29, 1.82) is 5.41 Å². The lowest BCUT2D eigenvalue weighted by atomic mass is 10.0. The van der Waals surface area contributed by atoms with Crippen LogP contribution in [0.1, 0.15) is 18.1 Å². The van der Waals surface area contributed by atoms with Crippen LogP contribution in [0.25, 0.3) is 22.0 Å². The number of aromatic nitrogens is 1. The number of carbonyl (C=O) groups excluding carboxylic acids is 1. The van der Waals surface area contributed by atoms with E-state index in [9.17, 15) is 9.18 Å². The molecule has 0 radical (unpaired) electrons. The molecule has 0 unspecified atom stereocenters. The van der Waals surface area contributed by atoms with Crippen LogP contribution in [0.3, 0.4) is 0 Å². The summed E-state index contributed by atoms with van der Waals surface area (Å²) in [4.78, 5) is 18.7. The van der Waals surface area contributed by atoms with E-state index in [4.69, 9.17) is 11.1 Å². The van der Waals surface area contributed by atoms with Gasteiger partial charge in [0.15, 0.2) is 5.17 Å². The van der Waals surface area contributed by atoms with Crippen molar-refractivity contribution in [2.45, 2.75) is 13.5 Å². The maximum atomic E-state index is 14.3. The van der Waals surface area contributed by atoms with E-state index in [1.165, 1.54) is 13.0 Å². The van der Waals surface area contributed by atoms with Crippen molar-refractivity contribution in [3.05, 3.63) is 89.9 Å². The van der Waals surface area contributed by atoms with Crippen LogP contribution in [0.15, 0.2) is 77.9 Å². The molecule has 1 amide bonds. The van der Waals surface area contributed by atoms with Crippen molar-refractivity contribution in [3.8, 4) is 11.1 Å². The Labute approximate surface area is 194 Å². The van der Waals surface area contributed by atoms with Gasteiger partial charge in [0.05, 0.1) is 6.54 Å². The molecule has 0 atom stereocenters. The van der Waals surface area contributed by atoms with E-state index in [1.54, 1.807) is 30.5 Å². The SMILES string of the molecule is CC(=O)Nc1cccc(CN=C(N)SC(=N)c2ccc3[nH]cc(-c4ccccc4F)c3c2)c1. The van der Waals surface area contributed by atoms with Gasteiger partial charge in [-0.2, -0.15) is 0 Å². The van der Waals surface area contributed by atoms with Gasteiger partial charge in [0.25, 0.3) is 0 Å². The molecule has 1 heterocycles. The number of hydrogen-bond acceptors (Lipinski definition) is 4. The quantitative estimate of drug-likeness (QED) is 0.234. The first-order chi connectivity index (χ1) is 15.9. The Balaban J connectivity index is 1.50. The van der Waals surface area contributed by atoms with Crippen molar-refractivity contribution < 1.29 is 9.18 Å². The molecule has 8 heteroatoms. The molecule has 4 rings (SSSR count). The predicted molar refractivity (Wildman–Crippen MR) is 134 cm³/mol. The number of nitrogens with zero attached hydrogens (tertiary/aromatic N) is 1. The van der Waals surface area contributed by atoms with Crippen LogP contribution in [0.4, 0.5) is 10.1 Å². The molecule has 0 saturated heterocycles. The average molecular weight is 460 g/mol. The summed E-state index contributed by atoms with van der Waals surface area (Å²) in [6.45, 7) is 1.78. The molecular weight excluding hydrogens is 437 g/mol. The summed E-state index contributed by atoms with van der Waals surface area (Å²) in [5.74, 6) is -0.441. The summed E-state index contributed by atoms with van der Waals surface area (Å²) in [6.07, 6.45) is 1.77. The van der Waals surface area contributed by atoms with Gasteiger partial charge >= 0.3 is 0 Å².